The third-order valence-electron chi connectivity index (χ3n) is 3.32. The minimum atomic E-state index is -0.0709. The molecule has 3 rings (SSSR count). The summed E-state index contributed by atoms with van der Waals surface area (Å²) in [4.78, 5) is 8.37. The first-order valence-electron chi connectivity index (χ1n) is 6.42. The van der Waals surface area contributed by atoms with Gasteiger partial charge in [-0.2, -0.15) is 0 Å². The first-order valence-corrected chi connectivity index (χ1v) is 7.40. The maximum absolute atomic E-state index is 9.67. The molecule has 1 aliphatic rings. The molecule has 104 valence electrons. The van der Waals surface area contributed by atoms with Crippen LogP contribution >= 0.6 is 11.8 Å². The lowest BCUT2D eigenvalue weighted by atomic mass is 9.94. The largest absolute Gasteiger partial charge is 0.504 e. The molecule has 0 spiro atoms. The second kappa shape index (κ2) is 5.68. The van der Waals surface area contributed by atoms with E-state index in [1.54, 1.807) is 42.4 Å². The molecule has 0 fully saturated rings. The Bertz CT molecular complexity index is 607. The van der Waals surface area contributed by atoms with Crippen molar-refractivity contribution in [2.24, 2.45) is 0 Å². The Labute approximate surface area is 121 Å². The van der Waals surface area contributed by atoms with Crippen molar-refractivity contribution >= 4 is 11.8 Å². The average molecular weight is 289 g/mol. The number of phenolic OH excluding ortho intramolecular Hbond substituents is 2. The van der Waals surface area contributed by atoms with Crippen LogP contribution in [0.4, 0.5) is 0 Å². The zero-order chi connectivity index (χ0) is 13.9. The van der Waals surface area contributed by atoms with Gasteiger partial charge in [0.25, 0.3) is 0 Å². The summed E-state index contributed by atoms with van der Waals surface area (Å²) in [6, 6.07) is 5.22. The van der Waals surface area contributed by atoms with E-state index in [0.717, 1.165) is 35.0 Å². The van der Waals surface area contributed by atoms with Gasteiger partial charge in [-0.15, -0.1) is 0 Å². The van der Waals surface area contributed by atoms with Crippen molar-refractivity contribution in [3.8, 4) is 11.5 Å². The number of fused-ring (bicyclic) bond motifs is 1. The van der Waals surface area contributed by atoms with Gasteiger partial charge >= 0.3 is 0 Å². The maximum Gasteiger partial charge on any atom is 0.187 e. The van der Waals surface area contributed by atoms with E-state index < -0.39 is 0 Å². The Morgan fingerprint density at radius 2 is 1.95 bits per heavy atom. The highest BCUT2D eigenvalue weighted by atomic mass is 32.2. The maximum atomic E-state index is 9.67. The van der Waals surface area contributed by atoms with Gasteiger partial charge < -0.3 is 15.5 Å². The molecule has 1 aromatic carbocycles. The molecule has 0 bridgehead atoms. The summed E-state index contributed by atoms with van der Waals surface area (Å²) in [6.07, 6.45) is 4.30. The van der Waals surface area contributed by atoms with Gasteiger partial charge in [0.1, 0.15) is 0 Å². The van der Waals surface area contributed by atoms with Crippen molar-refractivity contribution in [2.75, 3.05) is 12.3 Å². The summed E-state index contributed by atoms with van der Waals surface area (Å²) < 4.78 is 0. The van der Waals surface area contributed by atoms with Crippen LogP contribution in [0.5, 0.6) is 11.5 Å². The summed E-state index contributed by atoms with van der Waals surface area (Å²) in [5, 5.41) is 23.4. The molecule has 1 atom stereocenters. The zero-order valence-electron chi connectivity index (χ0n) is 10.8. The Morgan fingerprint density at radius 3 is 2.75 bits per heavy atom. The van der Waals surface area contributed by atoms with Gasteiger partial charge in [0.2, 0.25) is 0 Å². The van der Waals surface area contributed by atoms with Crippen LogP contribution in [-0.4, -0.2) is 32.5 Å². The standard InChI is InChI=1S/C14H15N3O2S/c18-12-6-9-2-5-15-11(10(9)7-13(12)19)8-20-14-16-3-1-4-17-14/h1,3-4,6-7,11,15,18-19H,2,5,8H2. The smallest absolute Gasteiger partial charge is 0.187 e. The highest BCUT2D eigenvalue weighted by Gasteiger charge is 2.22. The van der Waals surface area contributed by atoms with Gasteiger partial charge in [-0.3, -0.25) is 0 Å². The molecule has 20 heavy (non-hydrogen) atoms. The van der Waals surface area contributed by atoms with Crippen molar-refractivity contribution in [3.63, 3.8) is 0 Å². The molecule has 0 saturated carbocycles. The molecule has 1 aromatic heterocycles. The molecule has 0 aliphatic carbocycles. The van der Waals surface area contributed by atoms with Gasteiger partial charge in [0.05, 0.1) is 0 Å². The number of nitrogens with zero attached hydrogens (tertiary/aromatic N) is 2. The third kappa shape index (κ3) is 2.71. The minimum absolute atomic E-state index is 0.0524. The molecule has 2 heterocycles. The number of benzene rings is 1. The summed E-state index contributed by atoms with van der Waals surface area (Å²) in [6.45, 7) is 0.859. The fraction of sp³-hybridized carbons (Fsp3) is 0.286. The van der Waals surface area contributed by atoms with E-state index in [-0.39, 0.29) is 17.5 Å². The number of hydrogen-bond donors (Lipinski definition) is 3. The summed E-state index contributed by atoms with van der Waals surface area (Å²) in [5.74, 6) is 0.656. The summed E-state index contributed by atoms with van der Waals surface area (Å²) in [5.41, 5.74) is 2.12. The van der Waals surface area contributed by atoms with Gasteiger partial charge in [-0.05, 0) is 42.3 Å². The lowest BCUT2D eigenvalue weighted by Gasteiger charge is -2.27. The number of nitrogens with one attached hydrogen (secondary N) is 1. The number of aromatic hydroxyl groups is 2. The third-order valence-corrected chi connectivity index (χ3v) is 4.29. The van der Waals surface area contributed by atoms with Crippen molar-refractivity contribution in [2.45, 2.75) is 17.6 Å². The van der Waals surface area contributed by atoms with Crippen LogP contribution in [0.1, 0.15) is 17.2 Å². The van der Waals surface area contributed by atoms with Gasteiger partial charge in [-0.25, -0.2) is 9.97 Å². The van der Waals surface area contributed by atoms with Crippen LogP contribution in [0.2, 0.25) is 0 Å². The molecular weight excluding hydrogens is 274 g/mol. The first-order chi connectivity index (χ1) is 9.74. The van der Waals surface area contributed by atoms with Crippen LogP contribution in [0.25, 0.3) is 0 Å². The zero-order valence-corrected chi connectivity index (χ0v) is 11.6. The van der Waals surface area contributed by atoms with E-state index in [0.29, 0.717) is 0 Å². The fourth-order valence-corrected chi connectivity index (χ4v) is 3.22. The number of phenols is 2. The SMILES string of the molecule is Oc1cc2c(cc1O)C(CSc1ncccn1)NCC2. The number of hydrogen-bond acceptors (Lipinski definition) is 6. The average Bonchev–Trinajstić information content (AvgIpc) is 2.47. The predicted octanol–water partition coefficient (Wildman–Crippen LogP) is 1.87. The van der Waals surface area contributed by atoms with E-state index in [1.807, 2.05) is 0 Å². The second-order valence-corrected chi connectivity index (χ2v) is 5.63. The Hall–Kier alpha value is -1.79. The topological polar surface area (TPSA) is 78.3 Å². The normalized spacial score (nSPS) is 17.7. The molecule has 1 unspecified atom stereocenters. The molecule has 0 amide bonds. The monoisotopic (exact) mass is 289 g/mol. The van der Waals surface area contributed by atoms with E-state index in [2.05, 4.69) is 15.3 Å². The first kappa shape index (κ1) is 13.2. The molecule has 0 saturated heterocycles. The Balaban J connectivity index is 1.78. The minimum Gasteiger partial charge on any atom is -0.504 e. The van der Waals surface area contributed by atoms with Crippen LogP contribution in [0.15, 0.2) is 35.7 Å². The lowest BCUT2D eigenvalue weighted by molar-refractivity contribution is 0.399. The second-order valence-electron chi connectivity index (χ2n) is 4.64. The Morgan fingerprint density at radius 1 is 1.20 bits per heavy atom. The van der Waals surface area contributed by atoms with E-state index >= 15 is 0 Å². The van der Waals surface area contributed by atoms with Crippen LogP contribution in [0, 0.1) is 0 Å². The van der Waals surface area contributed by atoms with Crippen molar-refractivity contribution in [1.82, 2.24) is 15.3 Å². The fourth-order valence-electron chi connectivity index (χ4n) is 2.33. The van der Waals surface area contributed by atoms with Gasteiger partial charge in [0, 0.05) is 24.2 Å². The van der Waals surface area contributed by atoms with E-state index in [1.165, 1.54) is 0 Å². The summed E-state index contributed by atoms with van der Waals surface area (Å²) >= 11 is 1.57. The summed E-state index contributed by atoms with van der Waals surface area (Å²) in [7, 11) is 0. The highest BCUT2D eigenvalue weighted by Crippen LogP contribution is 2.35. The van der Waals surface area contributed by atoms with Crippen LogP contribution in [-0.2, 0) is 6.42 Å². The number of thioether (sulfide) groups is 1. The molecule has 5 nitrogen and oxygen atoms in total. The van der Waals surface area contributed by atoms with Crippen LogP contribution in [0.3, 0.4) is 0 Å². The molecule has 2 aromatic rings. The highest BCUT2D eigenvalue weighted by molar-refractivity contribution is 7.99. The predicted molar refractivity (Wildman–Crippen MR) is 77.0 cm³/mol. The molecule has 1 aliphatic heterocycles. The molecule has 0 radical (unpaired) electrons. The molecule has 6 heteroatoms. The van der Waals surface area contributed by atoms with Crippen molar-refractivity contribution in [3.05, 3.63) is 41.7 Å². The number of aromatic nitrogens is 2. The van der Waals surface area contributed by atoms with E-state index in [9.17, 15) is 10.2 Å². The number of rotatable bonds is 3. The molecular formula is C14H15N3O2S. The van der Waals surface area contributed by atoms with Crippen molar-refractivity contribution < 1.29 is 10.2 Å². The van der Waals surface area contributed by atoms with Gasteiger partial charge in [0.15, 0.2) is 16.7 Å². The van der Waals surface area contributed by atoms with Gasteiger partial charge in [-0.1, -0.05) is 11.8 Å². The van der Waals surface area contributed by atoms with Crippen molar-refractivity contribution in [1.29, 1.82) is 0 Å². The molecule has 3 N–H and O–H groups in total. The quantitative estimate of drug-likeness (QED) is 0.455. The van der Waals surface area contributed by atoms with Crippen LogP contribution < -0.4 is 5.32 Å². The Kier molecular flexibility index (Phi) is 3.75. The van der Waals surface area contributed by atoms with E-state index in [4.69, 9.17) is 0 Å². The lowest BCUT2D eigenvalue weighted by Crippen LogP contribution is -2.31.